The quantitative estimate of drug-likeness (QED) is 0.726. The Bertz CT molecular complexity index is 1080. The van der Waals surface area contributed by atoms with E-state index in [2.05, 4.69) is 10.4 Å². The van der Waals surface area contributed by atoms with Crippen LogP contribution in [0.4, 0.5) is 5.82 Å². The van der Waals surface area contributed by atoms with Gasteiger partial charge >= 0.3 is 0 Å². The Morgan fingerprint density at radius 2 is 1.77 bits per heavy atom. The molecule has 30 heavy (non-hydrogen) atoms. The molecule has 0 fully saturated rings. The minimum atomic E-state index is -3.58. The zero-order chi connectivity index (χ0) is 22.3. The average molecular weight is 453 g/mol. The minimum absolute atomic E-state index is 0.152. The van der Waals surface area contributed by atoms with E-state index in [1.54, 1.807) is 18.5 Å². The summed E-state index contributed by atoms with van der Waals surface area (Å²) in [7, 11) is -4.59. The Balaban J connectivity index is 1.89. The Morgan fingerprint density at radius 3 is 2.30 bits per heavy atom. The number of sulfonamides is 1. The normalized spacial score (nSPS) is 16.7. The highest BCUT2D eigenvalue weighted by Gasteiger charge is 2.31. The number of benzene rings is 1. The van der Waals surface area contributed by atoms with Crippen molar-refractivity contribution in [3.05, 3.63) is 41.1 Å². The monoisotopic (exact) mass is 452 g/mol. The summed E-state index contributed by atoms with van der Waals surface area (Å²) in [4.78, 5) is 13.0. The van der Waals surface area contributed by atoms with Crippen molar-refractivity contribution in [3.8, 4) is 0 Å². The van der Waals surface area contributed by atoms with Gasteiger partial charge in [0.25, 0.3) is 5.91 Å². The van der Waals surface area contributed by atoms with E-state index in [1.807, 2.05) is 20.8 Å². The Labute approximate surface area is 180 Å². The fourth-order valence-corrected chi connectivity index (χ4v) is 6.13. The van der Waals surface area contributed by atoms with Gasteiger partial charge in [0, 0.05) is 35.0 Å². The van der Waals surface area contributed by atoms with Crippen LogP contribution in [-0.2, 0) is 37.9 Å². The van der Waals surface area contributed by atoms with E-state index >= 15 is 0 Å². The van der Waals surface area contributed by atoms with Crippen molar-refractivity contribution in [2.75, 3.05) is 18.4 Å². The molecule has 0 spiro atoms. The molecule has 0 saturated heterocycles. The molecule has 3 rings (SSSR count). The number of anilines is 1. The summed E-state index contributed by atoms with van der Waals surface area (Å²) in [6, 6.07) is 5.90. The molecule has 2 aromatic rings. The van der Waals surface area contributed by atoms with Crippen molar-refractivity contribution in [2.45, 2.75) is 56.6 Å². The van der Waals surface area contributed by atoms with Gasteiger partial charge in [-0.15, -0.1) is 0 Å². The first-order valence-corrected chi connectivity index (χ1v) is 12.8. The lowest BCUT2D eigenvalue weighted by Gasteiger charge is -2.23. The average Bonchev–Trinajstić information content (AvgIpc) is 3.19. The van der Waals surface area contributed by atoms with Gasteiger partial charge in [-0.3, -0.25) is 9.00 Å². The van der Waals surface area contributed by atoms with E-state index in [0.29, 0.717) is 36.0 Å². The van der Waals surface area contributed by atoms with Crippen LogP contribution < -0.4 is 5.32 Å². The lowest BCUT2D eigenvalue weighted by Crippen LogP contribution is -2.30. The summed E-state index contributed by atoms with van der Waals surface area (Å²) >= 11 is 0. The number of rotatable bonds is 6. The summed E-state index contributed by atoms with van der Waals surface area (Å²) in [6.07, 6.45) is 0. The van der Waals surface area contributed by atoms with Crippen LogP contribution in [0.2, 0.25) is 0 Å². The van der Waals surface area contributed by atoms with Crippen molar-refractivity contribution in [3.63, 3.8) is 0 Å². The second kappa shape index (κ2) is 8.24. The van der Waals surface area contributed by atoms with E-state index in [9.17, 15) is 17.4 Å². The third-order valence-electron chi connectivity index (χ3n) is 5.00. The molecule has 10 heteroatoms. The minimum Gasteiger partial charge on any atom is -0.306 e. The van der Waals surface area contributed by atoms with Gasteiger partial charge in [-0.1, -0.05) is 13.8 Å². The van der Waals surface area contributed by atoms with Gasteiger partial charge in [0.2, 0.25) is 10.0 Å². The molecule has 0 saturated carbocycles. The molecule has 0 bridgehead atoms. The topological polar surface area (TPSA) is 101 Å². The van der Waals surface area contributed by atoms with Crippen LogP contribution in [0.3, 0.4) is 0 Å². The highest BCUT2D eigenvalue weighted by Crippen LogP contribution is 2.33. The zero-order valence-electron chi connectivity index (χ0n) is 17.9. The van der Waals surface area contributed by atoms with Crippen molar-refractivity contribution >= 4 is 32.5 Å². The lowest BCUT2D eigenvalue weighted by molar-refractivity contribution is 0.102. The number of carbonyl (C=O) groups is 1. The van der Waals surface area contributed by atoms with E-state index < -0.39 is 20.8 Å². The van der Waals surface area contributed by atoms with Gasteiger partial charge in [-0.25, -0.2) is 13.1 Å². The summed E-state index contributed by atoms with van der Waals surface area (Å²) in [5, 5.41) is 7.47. The second-order valence-electron chi connectivity index (χ2n) is 8.15. The number of nitrogens with zero attached hydrogens (tertiary/aromatic N) is 3. The fourth-order valence-electron chi connectivity index (χ4n) is 3.41. The SMILES string of the molecule is CCN(CC)S(=O)(=O)c1ccc(C(=O)Nc2c3c(nn2C(C)(C)C)CS(=O)C3)cc1. The predicted molar refractivity (Wildman–Crippen MR) is 117 cm³/mol. The van der Waals surface area contributed by atoms with Crippen LogP contribution in [0.1, 0.15) is 56.2 Å². The van der Waals surface area contributed by atoms with Crippen molar-refractivity contribution in [2.24, 2.45) is 0 Å². The number of carbonyl (C=O) groups excluding carboxylic acids is 1. The predicted octanol–water partition coefficient (Wildman–Crippen LogP) is 2.68. The van der Waals surface area contributed by atoms with Crippen LogP contribution >= 0.6 is 0 Å². The van der Waals surface area contributed by atoms with Gasteiger partial charge in [-0.2, -0.15) is 9.40 Å². The second-order valence-corrected chi connectivity index (χ2v) is 11.5. The van der Waals surface area contributed by atoms with Crippen LogP contribution in [0.25, 0.3) is 0 Å². The lowest BCUT2D eigenvalue weighted by atomic mass is 10.1. The molecule has 164 valence electrons. The molecule has 1 unspecified atom stereocenters. The van der Waals surface area contributed by atoms with Gasteiger partial charge < -0.3 is 5.32 Å². The van der Waals surface area contributed by atoms with Crippen LogP contribution in [0.15, 0.2) is 29.2 Å². The molecule has 1 N–H and O–H groups in total. The Morgan fingerprint density at radius 1 is 1.17 bits per heavy atom. The highest BCUT2D eigenvalue weighted by atomic mass is 32.2. The molecule has 8 nitrogen and oxygen atoms in total. The Hall–Kier alpha value is -2.04. The largest absolute Gasteiger partial charge is 0.306 e. The summed E-state index contributed by atoms with van der Waals surface area (Å²) < 4.78 is 40.3. The van der Waals surface area contributed by atoms with E-state index in [1.165, 1.54) is 28.6 Å². The van der Waals surface area contributed by atoms with Crippen molar-refractivity contribution in [1.82, 2.24) is 14.1 Å². The molecule has 1 aromatic heterocycles. The molecular weight excluding hydrogens is 424 g/mol. The first-order valence-electron chi connectivity index (χ1n) is 9.86. The first kappa shape index (κ1) is 22.6. The molecule has 1 amide bonds. The van der Waals surface area contributed by atoms with Crippen molar-refractivity contribution < 1.29 is 17.4 Å². The summed E-state index contributed by atoms with van der Waals surface area (Å²) in [5.74, 6) is 0.933. The smallest absolute Gasteiger partial charge is 0.256 e. The summed E-state index contributed by atoms with van der Waals surface area (Å²) in [6.45, 7) is 10.3. The molecule has 1 atom stereocenters. The number of nitrogens with one attached hydrogen (secondary N) is 1. The maximum Gasteiger partial charge on any atom is 0.256 e. The first-order chi connectivity index (χ1) is 14.0. The molecule has 1 aromatic carbocycles. The van der Waals surface area contributed by atoms with Gasteiger partial charge in [0.1, 0.15) is 5.82 Å². The van der Waals surface area contributed by atoms with Gasteiger partial charge in [0.15, 0.2) is 0 Å². The van der Waals surface area contributed by atoms with Crippen molar-refractivity contribution in [1.29, 1.82) is 0 Å². The van der Waals surface area contributed by atoms with Crippen LogP contribution in [0.5, 0.6) is 0 Å². The summed E-state index contributed by atoms with van der Waals surface area (Å²) in [5.41, 5.74) is 1.52. The van der Waals surface area contributed by atoms with E-state index in [-0.39, 0.29) is 16.3 Å². The van der Waals surface area contributed by atoms with E-state index in [4.69, 9.17) is 0 Å². The zero-order valence-corrected chi connectivity index (χ0v) is 19.6. The van der Waals surface area contributed by atoms with Crippen LogP contribution in [0, 0.1) is 0 Å². The Kier molecular flexibility index (Phi) is 6.22. The number of hydrogen-bond acceptors (Lipinski definition) is 5. The molecule has 0 radical (unpaired) electrons. The fraction of sp³-hybridized carbons (Fsp3) is 0.500. The number of amides is 1. The molecular formula is C20H28N4O4S2. The number of fused-ring (bicyclic) bond motifs is 1. The number of aromatic nitrogens is 2. The maximum absolute atomic E-state index is 12.9. The molecule has 2 heterocycles. The molecule has 1 aliphatic heterocycles. The van der Waals surface area contributed by atoms with Gasteiger partial charge in [0.05, 0.1) is 27.6 Å². The third-order valence-corrected chi connectivity index (χ3v) is 8.27. The molecule has 1 aliphatic rings. The van der Waals surface area contributed by atoms with Crippen LogP contribution in [-0.4, -0.2) is 45.7 Å². The molecule has 0 aliphatic carbocycles. The maximum atomic E-state index is 12.9. The third kappa shape index (κ3) is 4.21. The highest BCUT2D eigenvalue weighted by molar-refractivity contribution is 7.89. The standard InChI is InChI=1S/C20H28N4O4S2/c1-6-23(7-2)30(27,28)15-10-8-14(9-11-15)19(25)21-18-16-12-29(26)13-17(16)22-24(18)20(3,4)5/h8-11H,6-7,12-13H2,1-5H3,(H,21,25). The van der Waals surface area contributed by atoms with Gasteiger partial charge in [-0.05, 0) is 45.0 Å². The van der Waals surface area contributed by atoms with E-state index in [0.717, 1.165) is 11.3 Å². The number of hydrogen-bond donors (Lipinski definition) is 1.